The van der Waals surface area contributed by atoms with Crippen LogP contribution in [-0.2, 0) is 14.6 Å². The molecule has 0 radical (unpaired) electrons. The lowest BCUT2D eigenvalue weighted by Crippen LogP contribution is -2.57. The van der Waals surface area contributed by atoms with Crippen LogP contribution < -0.4 is 10.2 Å². The molecule has 5 heterocycles. The number of carbonyl (C=O) groups excluding carboxylic acids is 1. The van der Waals surface area contributed by atoms with Crippen molar-refractivity contribution in [2.24, 2.45) is 5.92 Å². The molecule has 1 N–H and O–H groups in total. The molecule has 43 heavy (non-hydrogen) atoms. The molecule has 1 amide bonds. The molecule has 3 saturated heterocycles. The Bertz CT molecular complexity index is 1580. The van der Waals surface area contributed by atoms with Gasteiger partial charge in [-0.2, -0.15) is 0 Å². The zero-order valence-corrected chi connectivity index (χ0v) is 26.3. The minimum absolute atomic E-state index is 0.157. The van der Waals surface area contributed by atoms with E-state index < -0.39 is 26.8 Å². The maximum Gasteiger partial charge on any atom is 0.410 e. The Balaban J connectivity index is 0.939. The average molecular weight is 628 g/mol. The summed E-state index contributed by atoms with van der Waals surface area (Å²) in [5.41, 5.74) is 1.20. The van der Waals surface area contributed by atoms with E-state index in [2.05, 4.69) is 30.1 Å². The molecule has 0 saturated carbocycles. The monoisotopic (exact) mass is 627 g/mol. The van der Waals surface area contributed by atoms with Gasteiger partial charge >= 0.3 is 6.09 Å². The molecule has 3 fully saturated rings. The van der Waals surface area contributed by atoms with Gasteiger partial charge in [-0.3, -0.25) is 0 Å². The van der Waals surface area contributed by atoms with Crippen LogP contribution in [0.5, 0.6) is 0 Å². The van der Waals surface area contributed by atoms with Gasteiger partial charge in [0.2, 0.25) is 0 Å². The van der Waals surface area contributed by atoms with Gasteiger partial charge in [0, 0.05) is 68.8 Å². The van der Waals surface area contributed by atoms with Crippen LogP contribution in [0, 0.1) is 5.92 Å². The second-order valence-corrected chi connectivity index (χ2v) is 15.4. The Morgan fingerprint density at radius 2 is 1.74 bits per heavy atom. The first-order valence-corrected chi connectivity index (χ1v) is 16.7. The van der Waals surface area contributed by atoms with E-state index in [9.17, 15) is 13.2 Å². The standard InChI is InChI=1S/C30H38ClN7O4S/c1-30(2,3)42-29(39)38-17-24(18-38)43(40,41)23-6-4-22(5-7-23)37-15-20(16-37)14-36-10-8-21(9-11-36)35-28-25-12-27(31)32-13-26(25)33-19-34-28/h4-7,12-13,19-21,24H,8-11,14-18H2,1-3H3,(H,33,34,35). The maximum atomic E-state index is 13.1. The van der Waals surface area contributed by atoms with Gasteiger partial charge in [0.05, 0.1) is 16.6 Å². The largest absolute Gasteiger partial charge is 0.444 e. The molecular formula is C30H38ClN7O4S. The predicted molar refractivity (Wildman–Crippen MR) is 166 cm³/mol. The zero-order chi connectivity index (χ0) is 30.4. The van der Waals surface area contributed by atoms with Crippen molar-refractivity contribution in [3.8, 4) is 0 Å². The van der Waals surface area contributed by atoms with E-state index in [0.29, 0.717) is 22.0 Å². The van der Waals surface area contributed by atoms with Gasteiger partial charge in [-0.05, 0) is 63.9 Å². The summed E-state index contributed by atoms with van der Waals surface area (Å²) in [7, 11) is -3.51. The van der Waals surface area contributed by atoms with Gasteiger partial charge in [0.1, 0.15) is 28.1 Å². The summed E-state index contributed by atoms with van der Waals surface area (Å²) in [4.78, 5) is 31.6. The first-order chi connectivity index (χ1) is 20.4. The Morgan fingerprint density at radius 3 is 2.42 bits per heavy atom. The van der Waals surface area contributed by atoms with Crippen molar-refractivity contribution in [1.29, 1.82) is 0 Å². The summed E-state index contributed by atoms with van der Waals surface area (Å²) in [6, 6.07) is 9.32. The van der Waals surface area contributed by atoms with Crippen LogP contribution in [0.15, 0.2) is 47.8 Å². The number of fused-ring (bicyclic) bond motifs is 1. The Morgan fingerprint density at radius 1 is 1.05 bits per heavy atom. The van der Waals surface area contributed by atoms with Crippen LogP contribution in [0.1, 0.15) is 33.6 Å². The van der Waals surface area contributed by atoms with Gasteiger partial charge in [0.15, 0.2) is 9.84 Å². The fourth-order valence-corrected chi connectivity index (χ4v) is 7.72. The Kier molecular flexibility index (Phi) is 8.12. The number of likely N-dealkylation sites (tertiary alicyclic amines) is 2. The van der Waals surface area contributed by atoms with Gasteiger partial charge in [-0.1, -0.05) is 11.6 Å². The fourth-order valence-electron chi connectivity index (χ4n) is 5.91. The number of hydrogen-bond acceptors (Lipinski definition) is 10. The van der Waals surface area contributed by atoms with Crippen molar-refractivity contribution >= 4 is 49.9 Å². The summed E-state index contributed by atoms with van der Waals surface area (Å²) in [5.74, 6) is 1.39. The molecular weight excluding hydrogens is 590 g/mol. The van der Waals surface area contributed by atoms with Crippen molar-refractivity contribution in [3.63, 3.8) is 0 Å². The number of pyridine rings is 1. The molecule has 0 spiro atoms. The third-order valence-corrected chi connectivity index (χ3v) is 10.7. The number of rotatable bonds is 7. The number of carbonyl (C=O) groups is 1. The van der Waals surface area contributed by atoms with Gasteiger partial charge in [-0.25, -0.2) is 28.2 Å². The molecule has 2 aromatic heterocycles. The molecule has 230 valence electrons. The lowest BCUT2D eigenvalue weighted by Gasteiger charge is -2.44. The summed E-state index contributed by atoms with van der Waals surface area (Å²) in [6.45, 7) is 10.7. The quantitative estimate of drug-likeness (QED) is 0.384. The first-order valence-electron chi connectivity index (χ1n) is 14.8. The number of halogens is 1. The highest BCUT2D eigenvalue weighted by molar-refractivity contribution is 7.92. The first kappa shape index (κ1) is 29.8. The molecule has 13 heteroatoms. The van der Waals surface area contributed by atoms with Crippen LogP contribution in [-0.4, -0.2) is 102 Å². The number of sulfone groups is 1. The number of hydrogen-bond donors (Lipinski definition) is 1. The SMILES string of the molecule is CC(C)(C)OC(=O)N1CC(S(=O)(=O)c2ccc(N3CC(CN4CCC(Nc5ncnc6cnc(Cl)cc56)CC4)C3)cc2)C1. The summed E-state index contributed by atoms with van der Waals surface area (Å²) in [5, 5.41) is 4.30. The minimum atomic E-state index is -3.51. The summed E-state index contributed by atoms with van der Waals surface area (Å²) in [6.07, 6.45) is 4.83. The second kappa shape index (κ2) is 11.7. The van der Waals surface area contributed by atoms with Crippen molar-refractivity contribution in [2.75, 3.05) is 56.0 Å². The molecule has 6 rings (SSSR count). The highest BCUT2D eigenvalue weighted by Gasteiger charge is 2.42. The highest BCUT2D eigenvalue weighted by Crippen LogP contribution is 2.30. The third kappa shape index (κ3) is 6.66. The fraction of sp³-hybridized carbons (Fsp3) is 0.533. The number of benzene rings is 1. The molecule has 3 aliphatic rings. The lowest BCUT2D eigenvalue weighted by molar-refractivity contribution is 0.0139. The van der Waals surface area contributed by atoms with E-state index in [4.69, 9.17) is 16.3 Å². The van der Waals surface area contributed by atoms with Crippen LogP contribution in [0.4, 0.5) is 16.3 Å². The molecule has 0 aliphatic carbocycles. The number of nitrogens with zero attached hydrogens (tertiary/aromatic N) is 6. The van der Waals surface area contributed by atoms with Gasteiger partial charge < -0.3 is 24.8 Å². The Labute approximate surface area is 257 Å². The van der Waals surface area contributed by atoms with Crippen LogP contribution in [0.25, 0.3) is 10.9 Å². The van der Waals surface area contributed by atoms with E-state index >= 15 is 0 Å². The van der Waals surface area contributed by atoms with Crippen molar-refractivity contribution < 1.29 is 17.9 Å². The smallest absolute Gasteiger partial charge is 0.410 e. The molecule has 3 aliphatic heterocycles. The zero-order valence-electron chi connectivity index (χ0n) is 24.7. The predicted octanol–water partition coefficient (Wildman–Crippen LogP) is 4.08. The van der Waals surface area contributed by atoms with Crippen LogP contribution in [0.3, 0.4) is 0 Å². The molecule has 0 bridgehead atoms. The lowest BCUT2D eigenvalue weighted by atomic mass is 9.96. The second-order valence-electron chi connectivity index (χ2n) is 12.8. The molecule has 0 unspecified atom stereocenters. The van der Waals surface area contributed by atoms with Gasteiger partial charge in [0.25, 0.3) is 0 Å². The third-order valence-electron chi connectivity index (χ3n) is 8.36. The van der Waals surface area contributed by atoms with Crippen molar-refractivity contribution in [2.45, 2.75) is 55.4 Å². The summed E-state index contributed by atoms with van der Waals surface area (Å²) < 4.78 is 31.5. The molecule has 3 aromatic rings. The van der Waals surface area contributed by atoms with Gasteiger partial charge in [-0.15, -0.1) is 0 Å². The molecule has 0 atom stereocenters. The van der Waals surface area contributed by atoms with Crippen molar-refractivity contribution in [1.82, 2.24) is 24.8 Å². The van der Waals surface area contributed by atoms with Crippen LogP contribution >= 0.6 is 11.6 Å². The minimum Gasteiger partial charge on any atom is -0.444 e. The van der Waals surface area contributed by atoms with E-state index in [1.165, 1.54) is 4.90 Å². The number of nitrogens with one attached hydrogen (secondary N) is 1. The molecule has 11 nitrogen and oxygen atoms in total. The highest BCUT2D eigenvalue weighted by atomic mass is 35.5. The van der Waals surface area contributed by atoms with E-state index in [-0.39, 0.29) is 13.1 Å². The van der Waals surface area contributed by atoms with E-state index in [0.717, 1.165) is 68.0 Å². The number of aromatic nitrogens is 3. The topological polar surface area (TPSA) is 121 Å². The number of anilines is 2. The number of piperidine rings is 1. The Hall–Kier alpha value is -3.22. The van der Waals surface area contributed by atoms with Crippen molar-refractivity contribution in [3.05, 3.63) is 48.0 Å². The average Bonchev–Trinajstić information content (AvgIpc) is 2.90. The normalized spacial score (nSPS) is 19.3. The number of ether oxygens (including phenoxy) is 1. The van der Waals surface area contributed by atoms with E-state index in [1.54, 1.807) is 51.5 Å². The van der Waals surface area contributed by atoms with E-state index in [1.807, 2.05) is 12.1 Å². The van der Waals surface area contributed by atoms with Crippen LogP contribution in [0.2, 0.25) is 5.15 Å². The molecule has 1 aromatic carbocycles. The number of amides is 1. The maximum absolute atomic E-state index is 13.1. The summed E-state index contributed by atoms with van der Waals surface area (Å²) >= 11 is 6.10.